The number of carbonyl (C=O) groups is 1. The number of hydrogen-bond donors (Lipinski definition) is 2. The number of aliphatic hydroxyl groups excluding tert-OH is 1. The number of nitrogens with zero attached hydrogens (tertiary/aromatic N) is 2. The maximum atomic E-state index is 11.8. The SMILES string of the molecule is CC(CO)NC(=O)c1ccn(-c2ccc(Cl)c(Cl)c2)n1. The van der Waals surface area contributed by atoms with Crippen molar-refractivity contribution in [1.29, 1.82) is 0 Å². The molecule has 0 aliphatic heterocycles. The van der Waals surface area contributed by atoms with Crippen LogP contribution in [-0.4, -0.2) is 33.4 Å². The van der Waals surface area contributed by atoms with E-state index in [1.807, 2.05) is 0 Å². The summed E-state index contributed by atoms with van der Waals surface area (Å²) >= 11 is 11.8. The molecule has 2 rings (SSSR count). The van der Waals surface area contributed by atoms with Gasteiger partial charge in [-0.3, -0.25) is 4.79 Å². The van der Waals surface area contributed by atoms with E-state index in [-0.39, 0.29) is 24.2 Å². The highest BCUT2D eigenvalue weighted by Crippen LogP contribution is 2.24. The molecule has 20 heavy (non-hydrogen) atoms. The Morgan fingerprint density at radius 2 is 2.15 bits per heavy atom. The van der Waals surface area contributed by atoms with Crippen LogP contribution in [0.3, 0.4) is 0 Å². The maximum absolute atomic E-state index is 11.8. The molecule has 5 nitrogen and oxygen atoms in total. The molecular formula is C13H13Cl2N3O2. The number of halogens is 2. The van der Waals surface area contributed by atoms with Crippen LogP contribution in [0.25, 0.3) is 5.69 Å². The Bertz CT molecular complexity index is 628. The van der Waals surface area contributed by atoms with Crippen molar-refractivity contribution >= 4 is 29.1 Å². The number of aliphatic hydroxyl groups is 1. The lowest BCUT2D eigenvalue weighted by Gasteiger charge is -2.08. The Labute approximate surface area is 126 Å². The molecule has 1 aromatic carbocycles. The lowest BCUT2D eigenvalue weighted by Crippen LogP contribution is -2.35. The van der Waals surface area contributed by atoms with Gasteiger partial charge in [0.05, 0.1) is 22.3 Å². The van der Waals surface area contributed by atoms with Crippen LogP contribution in [0.5, 0.6) is 0 Å². The summed E-state index contributed by atoms with van der Waals surface area (Å²) in [7, 11) is 0. The number of hydrogen-bond acceptors (Lipinski definition) is 3. The number of benzene rings is 1. The number of nitrogens with one attached hydrogen (secondary N) is 1. The first kappa shape index (κ1) is 14.8. The second-order valence-electron chi connectivity index (χ2n) is 4.30. The molecule has 0 radical (unpaired) electrons. The fourth-order valence-corrected chi connectivity index (χ4v) is 1.85. The average molecular weight is 314 g/mol. The third-order valence-corrected chi connectivity index (χ3v) is 3.38. The van der Waals surface area contributed by atoms with Crippen molar-refractivity contribution in [3.63, 3.8) is 0 Å². The monoisotopic (exact) mass is 313 g/mol. The Morgan fingerprint density at radius 3 is 2.80 bits per heavy atom. The van der Waals surface area contributed by atoms with Crippen molar-refractivity contribution in [3.05, 3.63) is 46.2 Å². The van der Waals surface area contributed by atoms with E-state index in [4.69, 9.17) is 28.3 Å². The zero-order valence-electron chi connectivity index (χ0n) is 10.7. The number of rotatable bonds is 4. The zero-order chi connectivity index (χ0) is 14.7. The molecule has 7 heteroatoms. The molecule has 2 aromatic rings. The summed E-state index contributed by atoms with van der Waals surface area (Å²) in [5.74, 6) is -0.342. The first-order chi connectivity index (χ1) is 9.51. The van der Waals surface area contributed by atoms with E-state index in [0.29, 0.717) is 15.7 Å². The summed E-state index contributed by atoms with van der Waals surface area (Å²) in [4.78, 5) is 11.8. The summed E-state index contributed by atoms with van der Waals surface area (Å²) in [6, 6.07) is 6.34. The molecular weight excluding hydrogens is 301 g/mol. The molecule has 0 fully saturated rings. The Kier molecular flexibility index (Phi) is 4.65. The van der Waals surface area contributed by atoms with Crippen molar-refractivity contribution in [3.8, 4) is 5.69 Å². The van der Waals surface area contributed by atoms with Crippen LogP contribution in [0.15, 0.2) is 30.5 Å². The van der Waals surface area contributed by atoms with Crippen molar-refractivity contribution in [1.82, 2.24) is 15.1 Å². The highest BCUT2D eigenvalue weighted by atomic mass is 35.5. The number of aromatic nitrogens is 2. The standard InChI is InChI=1S/C13H13Cl2N3O2/c1-8(7-19)16-13(20)12-4-5-18(17-12)9-2-3-10(14)11(15)6-9/h2-6,8,19H,7H2,1H3,(H,16,20). The van der Waals surface area contributed by atoms with Gasteiger partial charge < -0.3 is 10.4 Å². The van der Waals surface area contributed by atoms with Gasteiger partial charge >= 0.3 is 0 Å². The predicted molar refractivity (Wildman–Crippen MR) is 77.6 cm³/mol. The van der Waals surface area contributed by atoms with Gasteiger partial charge in [0.1, 0.15) is 0 Å². The van der Waals surface area contributed by atoms with E-state index in [1.165, 1.54) is 4.68 Å². The molecule has 0 aliphatic carbocycles. The smallest absolute Gasteiger partial charge is 0.272 e. The minimum atomic E-state index is -0.342. The van der Waals surface area contributed by atoms with Gasteiger partial charge in [-0.1, -0.05) is 23.2 Å². The summed E-state index contributed by atoms with van der Waals surface area (Å²) < 4.78 is 1.53. The van der Waals surface area contributed by atoms with Gasteiger partial charge in [0.2, 0.25) is 0 Å². The van der Waals surface area contributed by atoms with E-state index in [1.54, 1.807) is 37.4 Å². The lowest BCUT2D eigenvalue weighted by molar-refractivity contribution is 0.0917. The minimum Gasteiger partial charge on any atom is -0.394 e. The van der Waals surface area contributed by atoms with Crippen LogP contribution in [0.1, 0.15) is 17.4 Å². The zero-order valence-corrected chi connectivity index (χ0v) is 12.2. The van der Waals surface area contributed by atoms with Crippen LogP contribution >= 0.6 is 23.2 Å². The topological polar surface area (TPSA) is 67.2 Å². The van der Waals surface area contributed by atoms with Gasteiger partial charge in [0, 0.05) is 12.2 Å². The van der Waals surface area contributed by atoms with E-state index in [9.17, 15) is 4.79 Å². The Hall–Kier alpha value is -1.56. The quantitative estimate of drug-likeness (QED) is 0.910. The van der Waals surface area contributed by atoms with Crippen molar-refractivity contribution < 1.29 is 9.90 Å². The van der Waals surface area contributed by atoms with Crippen LogP contribution in [0.4, 0.5) is 0 Å². The Morgan fingerprint density at radius 1 is 1.40 bits per heavy atom. The van der Waals surface area contributed by atoms with E-state index in [2.05, 4.69) is 10.4 Å². The van der Waals surface area contributed by atoms with Crippen molar-refractivity contribution in [2.45, 2.75) is 13.0 Å². The van der Waals surface area contributed by atoms with Crippen LogP contribution in [0, 0.1) is 0 Å². The first-order valence-corrected chi connectivity index (χ1v) is 6.69. The molecule has 0 spiro atoms. The third kappa shape index (κ3) is 3.30. The van der Waals surface area contributed by atoms with E-state index in [0.717, 1.165) is 0 Å². The highest BCUT2D eigenvalue weighted by molar-refractivity contribution is 6.42. The molecule has 0 saturated carbocycles. The van der Waals surface area contributed by atoms with Gasteiger partial charge in [0.15, 0.2) is 5.69 Å². The fraction of sp³-hybridized carbons (Fsp3) is 0.231. The second kappa shape index (κ2) is 6.26. The van der Waals surface area contributed by atoms with Gasteiger partial charge in [-0.2, -0.15) is 5.10 Å². The fourth-order valence-electron chi connectivity index (χ4n) is 1.56. The first-order valence-electron chi connectivity index (χ1n) is 5.94. The molecule has 1 aromatic heterocycles. The number of amides is 1. The molecule has 1 unspecified atom stereocenters. The van der Waals surface area contributed by atoms with Gasteiger partial charge in [-0.25, -0.2) is 4.68 Å². The van der Waals surface area contributed by atoms with Crippen molar-refractivity contribution in [2.75, 3.05) is 6.61 Å². The molecule has 1 atom stereocenters. The maximum Gasteiger partial charge on any atom is 0.272 e. The van der Waals surface area contributed by atoms with E-state index < -0.39 is 0 Å². The van der Waals surface area contributed by atoms with Crippen LogP contribution in [-0.2, 0) is 0 Å². The molecule has 1 amide bonds. The van der Waals surface area contributed by atoms with Gasteiger partial charge in [0.25, 0.3) is 5.91 Å². The van der Waals surface area contributed by atoms with Gasteiger partial charge in [-0.15, -0.1) is 0 Å². The summed E-state index contributed by atoms with van der Waals surface area (Å²) in [6.45, 7) is 1.58. The largest absolute Gasteiger partial charge is 0.394 e. The Balaban J connectivity index is 2.20. The summed E-state index contributed by atoms with van der Waals surface area (Å²) in [5, 5.41) is 16.6. The lowest BCUT2D eigenvalue weighted by atomic mass is 10.3. The van der Waals surface area contributed by atoms with Crippen LogP contribution in [0.2, 0.25) is 10.0 Å². The normalized spacial score (nSPS) is 12.2. The van der Waals surface area contributed by atoms with Gasteiger partial charge in [-0.05, 0) is 31.2 Å². The average Bonchev–Trinajstić information content (AvgIpc) is 2.91. The summed E-state index contributed by atoms with van der Waals surface area (Å²) in [5.41, 5.74) is 0.963. The third-order valence-electron chi connectivity index (χ3n) is 2.64. The second-order valence-corrected chi connectivity index (χ2v) is 5.12. The molecule has 0 aliphatic rings. The highest BCUT2D eigenvalue weighted by Gasteiger charge is 2.12. The minimum absolute atomic E-state index is 0.126. The number of carbonyl (C=O) groups excluding carboxylic acids is 1. The van der Waals surface area contributed by atoms with Crippen LogP contribution < -0.4 is 5.32 Å². The predicted octanol–water partition coefficient (Wildman–Crippen LogP) is 2.29. The summed E-state index contributed by atoms with van der Waals surface area (Å²) in [6.07, 6.45) is 1.65. The molecule has 0 saturated heterocycles. The van der Waals surface area contributed by atoms with E-state index >= 15 is 0 Å². The van der Waals surface area contributed by atoms with Crippen molar-refractivity contribution in [2.24, 2.45) is 0 Å². The molecule has 106 valence electrons. The molecule has 0 bridgehead atoms. The molecule has 2 N–H and O–H groups in total. The molecule has 1 heterocycles.